The third-order valence-corrected chi connectivity index (χ3v) is 3.75. The van der Waals surface area contributed by atoms with Gasteiger partial charge in [0.2, 0.25) is 11.7 Å². The van der Waals surface area contributed by atoms with E-state index in [4.69, 9.17) is 4.74 Å². The van der Waals surface area contributed by atoms with Crippen LogP contribution in [0.1, 0.15) is 16.1 Å². The van der Waals surface area contributed by atoms with Gasteiger partial charge < -0.3 is 4.74 Å². The van der Waals surface area contributed by atoms with Crippen LogP contribution in [-0.4, -0.2) is 15.8 Å². The summed E-state index contributed by atoms with van der Waals surface area (Å²) in [6.45, 7) is 0. The zero-order valence-corrected chi connectivity index (χ0v) is 13.3. The van der Waals surface area contributed by atoms with Crippen LogP contribution >= 0.6 is 0 Å². The van der Waals surface area contributed by atoms with Crippen LogP contribution in [0.2, 0.25) is 0 Å². The van der Waals surface area contributed by atoms with Gasteiger partial charge in [-0.25, -0.2) is 9.97 Å². The van der Waals surface area contributed by atoms with Crippen molar-refractivity contribution in [1.29, 1.82) is 0 Å². The fourth-order valence-corrected chi connectivity index (χ4v) is 2.53. The van der Waals surface area contributed by atoms with Crippen LogP contribution < -0.4 is 4.74 Å². The first-order valence-electron chi connectivity index (χ1n) is 7.91. The molecular formula is C21H14N2O2. The fraction of sp³-hybridized carbons (Fsp3) is 0. The van der Waals surface area contributed by atoms with Gasteiger partial charge in [-0.1, -0.05) is 60.7 Å². The monoisotopic (exact) mass is 326 g/mol. The Morgan fingerprint density at radius 2 is 1.24 bits per heavy atom. The lowest BCUT2D eigenvalue weighted by Gasteiger charge is -2.10. The Bertz CT molecular complexity index is 1030. The van der Waals surface area contributed by atoms with Gasteiger partial charge in [-0.15, -0.1) is 0 Å². The largest absolute Gasteiger partial charge is 0.437 e. The molecule has 0 aliphatic carbocycles. The molecule has 0 radical (unpaired) electrons. The molecule has 25 heavy (non-hydrogen) atoms. The molecule has 1 aromatic heterocycles. The number of aromatic nitrogens is 2. The molecule has 0 atom stereocenters. The van der Waals surface area contributed by atoms with Crippen LogP contribution in [0.4, 0.5) is 0 Å². The summed E-state index contributed by atoms with van der Waals surface area (Å²) in [5.41, 5.74) is 2.08. The van der Waals surface area contributed by atoms with Gasteiger partial charge >= 0.3 is 0 Å². The molecule has 0 N–H and O–H groups in total. The van der Waals surface area contributed by atoms with E-state index in [0.29, 0.717) is 22.3 Å². The maximum Gasteiger partial charge on any atom is 0.250 e. The predicted molar refractivity (Wildman–Crippen MR) is 95.9 cm³/mol. The summed E-state index contributed by atoms with van der Waals surface area (Å²) in [6, 6.07) is 25.7. The van der Waals surface area contributed by atoms with Gasteiger partial charge in [-0.2, -0.15) is 0 Å². The average molecular weight is 326 g/mol. The van der Waals surface area contributed by atoms with Crippen molar-refractivity contribution in [2.24, 2.45) is 0 Å². The van der Waals surface area contributed by atoms with Gasteiger partial charge in [0.15, 0.2) is 5.69 Å². The van der Waals surface area contributed by atoms with Gasteiger partial charge in [0.05, 0.1) is 11.0 Å². The number of ketones is 1. The summed E-state index contributed by atoms with van der Waals surface area (Å²) in [4.78, 5) is 21.9. The van der Waals surface area contributed by atoms with Crippen LogP contribution in [0.15, 0.2) is 84.9 Å². The summed E-state index contributed by atoms with van der Waals surface area (Å²) in [7, 11) is 0. The summed E-state index contributed by atoms with van der Waals surface area (Å²) >= 11 is 0. The molecule has 0 amide bonds. The Balaban J connectivity index is 1.85. The van der Waals surface area contributed by atoms with Gasteiger partial charge in [0.1, 0.15) is 5.75 Å². The molecule has 0 saturated heterocycles. The third kappa shape index (κ3) is 3.10. The Kier molecular flexibility index (Phi) is 3.92. The quantitative estimate of drug-likeness (QED) is 0.512. The van der Waals surface area contributed by atoms with Crippen LogP contribution in [0.25, 0.3) is 11.0 Å². The van der Waals surface area contributed by atoms with Crippen LogP contribution in [0, 0.1) is 0 Å². The number of ether oxygens (including phenoxy) is 1. The molecular weight excluding hydrogens is 312 g/mol. The van der Waals surface area contributed by atoms with E-state index in [9.17, 15) is 4.79 Å². The normalized spacial score (nSPS) is 10.6. The molecule has 0 fully saturated rings. The maximum absolute atomic E-state index is 12.9. The van der Waals surface area contributed by atoms with E-state index in [2.05, 4.69) is 9.97 Å². The molecule has 0 bridgehead atoms. The minimum absolute atomic E-state index is 0.203. The van der Waals surface area contributed by atoms with Crippen molar-refractivity contribution in [3.05, 3.63) is 96.2 Å². The third-order valence-electron chi connectivity index (χ3n) is 3.75. The van der Waals surface area contributed by atoms with Crippen molar-refractivity contribution < 1.29 is 9.53 Å². The fourth-order valence-electron chi connectivity index (χ4n) is 2.53. The van der Waals surface area contributed by atoms with E-state index in [1.165, 1.54) is 0 Å². The van der Waals surface area contributed by atoms with Crippen molar-refractivity contribution in [2.75, 3.05) is 0 Å². The van der Waals surface area contributed by atoms with Gasteiger partial charge in [-0.05, 0) is 24.3 Å². The molecule has 3 aromatic carbocycles. The number of nitrogens with zero attached hydrogens (tertiary/aromatic N) is 2. The Morgan fingerprint density at radius 3 is 1.92 bits per heavy atom. The second-order valence-corrected chi connectivity index (χ2v) is 5.48. The maximum atomic E-state index is 12.9. The molecule has 4 heteroatoms. The van der Waals surface area contributed by atoms with Crippen LogP contribution in [0.5, 0.6) is 11.6 Å². The van der Waals surface area contributed by atoms with Crippen LogP contribution in [-0.2, 0) is 0 Å². The topological polar surface area (TPSA) is 52.1 Å². The first kappa shape index (κ1) is 15.0. The van der Waals surface area contributed by atoms with E-state index >= 15 is 0 Å². The predicted octanol–water partition coefficient (Wildman–Crippen LogP) is 4.65. The molecule has 1 heterocycles. The van der Waals surface area contributed by atoms with E-state index in [-0.39, 0.29) is 17.4 Å². The standard InChI is InChI=1S/C21H14N2O2/c24-20(15-9-3-1-4-10-15)19-21(25-16-11-5-2-6-12-16)23-18-14-8-7-13-17(18)22-19/h1-14H. The smallest absolute Gasteiger partial charge is 0.250 e. The minimum atomic E-state index is -0.218. The summed E-state index contributed by atoms with van der Waals surface area (Å²) < 4.78 is 5.87. The number of carbonyl (C=O) groups excluding carboxylic acids is 1. The zero-order valence-electron chi connectivity index (χ0n) is 13.3. The highest BCUT2D eigenvalue weighted by atomic mass is 16.5. The highest BCUT2D eigenvalue weighted by molar-refractivity contribution is 6.09. The second-order valence-electron chi connectivity index (χ2n) is 5.48. The van der Waals surface area contributed by atoms with Crippen LogP contribution in [0.3, 0.4) is 0 Å². The Hall–Kier alpha value is -3.53. The van der Waals surface area contributed by atoms with E-state index in [1.54, 1.807) is 12.1 Å². The first-order chi connectivity index (χ1) is 12.3. The van der Waals surface area contributed by atoms with Crippen molar-refractivity contribution in [2.45, 2.75) is 0 Å². The van der Waals surface area contributed by atoms with Crippen molar-refractivity contribution in [1.82, 2.24) is 9.97 Å². The average Bonchev–Trinajstić information content (AvgIpc) is 2.68. The van der Waals surface area contributed by atoms with Gasteiger partial charge in [0.25, 0.3) is 0 Å². The molecule has 4 nitrogen and oxygen atoms in total. The minimum Gasteiger partial charge on any atom is -0.437 e. The molecule has 0 unspecified atom stereocenters. The number of rotatable bonds is 4. The molecule has 4 rings (SSSR count). The number of hydrogen-bond donors (Lipinski definition) is 0. The molecule has 0 aliphatic heterocycles. The summed E-state index contributed by atoms with van der Waals surface area (Å²) in [6.07, 6.45) is 0. The van der Waals surface area contributed by atoms with E-state index in [0.717, 1.165) is 0 Å². The van der Waals surface area contributed by atoms with Crippen molar-refractivity contribution in [3.63, 3.8) is 0 Å². The first-order valence-corrected chi connectivity index (χ1v) is 7.91. The second kappa shape index (κ2) is 6.53. The number of benzene rings is 3. The molecule has 0 spiro atoms. The lowest BCUT2D eigenvalue weighted by molar-refractivity contribution is 0.103. The highest BCUT2D eigenvalue weighted by Gasteiger charge is 2.20. The van der Waals surface area contributed by atoms with Crippen molar-refractivity contribution in [3.8, 4) is 11.6 Å². The van der Waals surface area contributed by atoms with Gasteiger partial charge in [0, 0.05) is 5.56 Å². The number of para-hydroxylation sites is 3. The summed E-state index contributed by atoms with van der Waals surface area (Å²) in [5, 5.41) is 0. The number of fused-ring (bicyclic) bond motifs is 1. The summed E-state index contributed by atoms with van der Waals surface area (Å²) in [5.74, 6) is 0.595. The SMILES string of the molecule is O=C(c1ccccc1)c1nc2ccccc2nc1Oc1ccccc1. The van der Waals surface area contributed by atoms with E-state index < -0.39 is 0 Å². The van der Waals surface area contributed by atoms with Crippen molar-refractivity contribution >= 4 is 16.8 Å². The molecule has 0 aliphatic rings. The Morgan fingerprint density at radius 1 is 0.680 bits per heavy atom. The highest BCUT2D eigenvalue weighted by Crippen LogP contribution is 2.26. The number of hydrogen-bond acceptors (Lipinski definition) is 4. The zero-order chi connectivity index (χ0) is 17.1. The lowest BCUT2D eigenvalue weighted by Crippen LogP contribution is -2.08. The van der Waals surface area contributed by atoms with E-state index in [1.807, 2.05) is 72.8 Å². The van der Waals surface area contributed by atoms with Gasteiger partial charge in [-0.3, -0.25) is 4.79 Å². The lowest BCUT2D eigenvalue weighted by atomic mass is 10.1. The Labute approximate surface area is 144 Å². The number of carbonyl (C=O) groups is 1. The molecule has 120 valence electrons. The molecule has 0 saturated carbocycles. The molecule has 4 aromatic rings.